The first-order valence-corrected chi connectivity index (χ1v) is 4.92. The number of halogens is 4. The third-order valence-corrected chi connectivity index (χ3v) is 2.47. The van der Waals surface area contributed by atoms with Crippen LogP contribution in [-0.4, -0.2) is 16.1 Å². The summed E-state index contributed by atoms with van der Waals surface area (Å²) in [5.74, 6) is -3.30. The van der Waals surface area contributed by atoms with Gasteiger partial charge >= 0.3 is 5.97 Å². The Morgan fingerprint density at radius 2 is 1.71 bits per heavy atom. The van der Waals surface area contributed by atoms with E-state index in [1.54, 1.807) is 0 Å². The highest BCUT2D eigenvalue weighted by atomic mass is 79.9. The van der Waals surface area contributed by atoms with Crippen LogP contribution >= 0.6 is 31.9 Å². The number of nitrogens with zero attached hydrogens (tertiary/aromatic N) is 1. The normalized spacial score (nSPS) is 10.3. The molecule has 0 aliphatic heterocycles. The van der Waals surface area contributed by atoms with Crippen molar-refractivity contribution in [3.63, 3.8) is 0 Å². The number of aliphatic carboxylic acids is 1. The molecule has 1 rings (SSSR count). The lowest BCUT2D eigenvalue weighted by Gasteiger charge is -2.04. The number of carboxylic acid groups (broad SMARTS) is 1. The smallest absolute Gasteiger partial charge is 0.308 e. The minimum absolute atomic E-state index is 0.220. The number of carbonyl (C=O) groups is 1. The van der Waals surface area contributed by atoms with Gasteiger partial charge in [-0.15, -0.1) is 0 Å². The summed E-state index contributed by atoms with van der Waals surface area (Å²) in [5.41, 5.74) is -0.522. The zero-order valence-corrected chi connectivity index (χ0v) is 9.69. The Hall–Kier alpha value is -0.560. The molecule has 1 aromatic rings. The number of hydrogen-bond donors (Lipinski definition) is 1. The Kier molecular flexibility index (Phi) is 3.54. The molecule has 1 aromatic heterocycles. The van der Waals surface area contributed by atoms with Gasteiger partial charge in [-0.05, 0) is 31.9 Å². The zero-order valence-electron chi connectivity index (χ0n) is 6.52. The predicted molar refractivity (Wildman–Crippen MR) is 50.9 cm³/mol. The van der Waals surface area contributed by atoms with Crippen LogP contribution in [0.4, 0.5) is 8.78 Å². The van der Waals surface area contributed by atoms with Crippen molar-refractivity contribution in [2.24, 2.45) is 0 Å². The van der Waals surface area contributed by atoms with Crippen molar-refractivity contribution in [3.05, 3.63) is 26.4 Å². The van der Waals surface area contributed by atoms with Crippen molar-refractivity contribution in [1.82, 2.24) is 4.98 Å². The Balaban J connectivity index is 3.31. The average molecular weight is 331 g/mol. The molecule has 0 aliphatic carbocycles. The summed E-state index contributed by atoms with van der Waals surface area (Å²) in [4.78, 5) is 13.7. The lowest BCUT2D eigenvalue weighted by Crippen LogP contribution is -2.07. The quantitative estimate of drug-likeness (QED) is 0.848. The fraction of sp³-hybridized carbons (Fsp3) is 0.143. The first kappa shape index (κ1) is 11.5. The van der Waals surface area contributed by atoms with Gasteiger partial charge in [-0.1, -0.05) is 0 Å². The first-order valence-electron chi connectivity index (χ1n) is 3.34. The van der Waals surface area contributed by atoms with E-state index in [0.717, 1.165) is 0 Å². The Bertz CT molecular complexity index is 372. The van der Waals surface area contributed by atoms with Gasteiger partial charge in [0.2, 0.25) is 0 Å². The van der Waals surface area contributed by atoms with Gasteiger partial charge in [0.05, 0.1) is 6.42 Å². The van der Waals surface area contributed by atoms with Crippen molar-refractivity contribution >= 4 is 37.8 Å². The van der Waals surface area contributed by atoms with Crippen LogP contribution < -0.4 is 0 Å². The van der Waals surface area contributed by atoms with Gasteiger partial charge in [0.15, 0.2) is 11.6 Å². The van der Waals surface area contributed by atoms with Gasteiger partial charge in [-0.25, -0.2) is 13.8 Å². The van der Waals surface area contributed by atoms with Crippen LogP contribution in [-0.2, 0) is 11.2 Å². The minimum atomic E-state index is -1.31. The second-order valence-corrected chi connectivity index (χ2v) is 3.87. The molecule has 1 heterocycles. The molecule has 0 saturated heterocycles. The van der Waals surface area contributed by atoms with Crippen LogP contribution in [0.5, 0.6) is 0 Å². The Morgan fingerprint density at radius 1 is 1.29 bits per heavy atom. The molecule has 0 spiro atoms. The van der Waals surface area contributed by atoms with Gasteiger partial charge in [-0.2, -0.15) is 0 Å². The average Bonchev–Trinajstić information content (AvgIpc) is 2.09. The summed E-state index contributed by atoms with van der Waals surface area (Å²) in [6.07, 6.45) is -0.725. The lowest BCUT2D eigenvalue weighted by atomic mass is 10.2. The third kappa shape index (κ3) is 2.27. The van der Waals surface area contributed by atoms with Crippen LogP contribution in [0.1, 0.15) is 5.56 Å². The van der Waals surface area contributed by atoms with Crippen LogP contribution in [0.15, 0.2) is 9.21 Å². The molecule has 0 bridgehead atoms. The van der Waals surface area contributed by atoms with E-state index in [2.05, 4.69) is 36.8 Å². The SMILES string of the molecule is O=C(O)Cc1c(F)c(Br)nc(Br)c1F. The Morgan fingerprint density at radius 3 is 2.07 bits per heavy atom. The third-order valence-electron chi connectivity index (χ3n) is 1.42. The number of rotatable bonds is 2. The molecule has 0 radical (unpaired) electrons. The molecule has 76 valence electrons. The minimum Gasteiger partial charge on any atom is -0.481 e. The van der Waals surface area contributed by atoms with E-state index >= 15 is 0 Å². The summed E-state index contributed by atoms with van der Waals surface area (Å²) in [7, 11) is 0. The monoisotopic (exact) mass is 329 g/mol. The van der Waals surface area contributed by atoms with E-state index in [-0.39, 0.29) is 9.21 Å². The predicted octanol–water partition coefficient (Wildman–Crippen LogP) is 2.51. The maximum absolute atomic E-state index is 13.2. The van der Waals surface area contributed by atoms with E-state index in [4.69, 9.17) is 5.11 Å². The molecule has 1 N–H and O–H groups in total. The molecule has 0 saturated carbocycles. The van der Waals surface area contributed by atoms with Gasteiger partial charge in [0.25, 0.3) is 0 Å². The van der Waals surface area contributed by atoms with E-state index in [0.29, 0.717) is 0 Å². The first-order chi connectivity index (χ1) is 6.43. The van der Waals surface area contributed by atoms with Crippen molar-refractivity contribution in [2.45, 2.75) is 6.42 Å². The Labute approximate surface area is 94.4 Å². The highest BCUT2D eigenvalue weighted by Crippen LogP contribution is 2.25. The number of hydrogen-bond acceptors (Lipinski definition) is 2. The van der Waals surface area contributed by atoms with Crippen LogP contribution in [0.25, 0.3) is 0 Å². The molecule has 0 atom stereocenters. The van der Waals surface area contributed by atoms with E-state index in [9.17, 15) is 13.6 Å². The summed E-state index contributed by atoms with van der Waals surface area (Å²) in [6, 6.07) is 0. The summed E-state index contributed by atoms with van der Waals surface area (Å²) in [5, 5.41) is 8.41. The van der Waals surface area contributed by atoms with Crippen molar-refractivity contribution in [1.29, 1.82) is 0 Å². The van der Waals surface area contributed by atoms with Crippen LogP contribution in [0.3, 0.4) is 0 Å². The molecule has 7 heteroatoms. The van der Waals surface area contributed by atoms with Gasteiger partial charge in [0, 0.05) is 5.56 Å². The molecule has 3 nitrogen and oxygen atoms in total. The van der Waals surface area contributed by atoms with Gasteiger partial charge < -0.3 is 5.11 Å². The van der Waals surface area contributed by atoms with Crippen molar-refractivity contribution in [2.75, 3.05) is 0 Å². The second kappa shape index (κ2) is 4.31. The zero-order chi connectivity index (χ0) is 10.9. The fourth-order valence-electron chi connectivity index (χ4n) is 0.836. The molecule has 0 unspecified atom stereocenters. The fourth-order valence-corrected chi connectivity index (χ4v) is 1.91. The largest absolute Gasteiger partial charge is 0.481 e. The van der Waals surface area contributed by atoms with Gasteiger partial charge in [-0.3, -0.25) is 4.79 Å². The summed E-state index contributed by atoms with van der Waals surface area (Å²) in [6.45, 7) is 0. The number of carboxylic acids is 1. The van der Waals surface area contributed by atoms with E-state index in [1.165, 1.54) is 0 Å². The molecular weight excluding hydrogens is 328 g/mol. The van der Waals surface area contributed by atoms with Crippen molar-refractivity contribution in [3.8, 4) is 0 Å². The highest BCUT2D eigenvalue weighted by Gasteiger charge is 2.19. The topological polar surface area (TPSA) is 50.2 Å². The lowest BCUT2D eigenvalue weighted by molar-refractivity contribution is -0.136. The van der Waals surface area contributed by atoms with Gasteiger partial charge in [0.1, 0.15) is 9.21 Å². The molecule has 0 aliphatic rings. The maximum atomic E-state index is 13.2. The second-order valence-electron chi connectivity index (χ2n) is 2.37. The number of aromatic nitrogens is 1. The summed E-state index contributed by atoms with van der Waals surface area (Å²) < 4.78 is 25.9. The molecule has 0 aromatic carbocycles. The maximum Gasteiger partial charge on any atom is 0.308 e. The summed E-state index contributed by atoms with van der Waals surface area (Å²) >= 11 is 5.49. The number of pyridine rings is 1. The standard InChI is InChI=1S/C7H3Br2F2NO2/c8-6-4(10)2(1-3(13)14)5(11)7(9)12-6/h1H2,(H,13,14). The van der Waals surface area contributed by atoms with E-state index in [1.807, 2.05) is 0 Å². The van der Waals surface area contributed by atoms with Crippen LogP contribution in [0.2, 0.25) is 0 Å². The molecular formula is C7H3Br2F2NO2. The van der Waals surface area contributed by atoms with E-state index < -0.39 is 29.6 Å². The molecule has 0 amide bonds. The van der Waals surface area contributed by atoms with Crippen LogP contribution in [0, 0.1) is 11.6 Å². The highest BCUT2D eigenvalue weighted by molar-refractivity contribution is 9.11. The van der Waals surface area contributed by atoms with Crippen molar-refractivity contribution < 1.29 is 18.7 Å². The molecule has 0 fully saturated rings. The molecule has 14 heavy (non-hydrogen) atoms.